The van der Waals surface area contributed by atoms with Crippen molar-refractivity contribution < 1.29 is 14.0 Å². The van der Waals surface area contributed by atoms with Crippen LogP contribution in [0.1, 0.15) is 30.1 Å². The van der Waals surface area contributed by atoms with E-state index in [9.17, 15) is 18.8 Å². The Labute approximate surface area is 171 Å². The molecule has 0 atom stereocenters. The van der Waals surface area contributed by atoms with Gasteiger partial charge in [0.05, 0.1) is 11.0 Å². The molecule has 6 nitrogen and oxygen atoms in total. The average molecular weight is 405 g/mol. The van der Waals surface area contributed by atoms with E-state index in [1.165, 1.54) is 23.6 Å². The topological polar surface area (TPSA) is 72.6 Å². The molecular formula is C23H20FN3O3. The highest BCUT2D eigenvalue weighted by Crippen LogP contribution is 2.17. The van der Waals surface area contributed by atoms with Crippen molar-refractivity contribution in [2.75, 3.05) is 5.32 Å². The van der Waals surface area contributed by atoms with Crippen molar-refractivity contribution in [2.45, 2.75) is 26.3 Å². The molecule has 1 N–H and O–H groups in total. The first-order chi connectivity index (χ1) is 14.4. The van der Waals surface area contributed by atoms with Gasteiger partial charge in [0.15, 0.2) is 5.78 Å². The molecule has 0 bridgehead atoms. The van der Waals surface area contributed by atoms with Crippen molar-refractivity contribution in [1.82, 2.24) is 8.97 Å². The van der Waals surface area contributed by atoms with Crippen LogP contribution >= 0.6 is 0 Å². The quantitative estimate of drug-likeness (QED) is 0.493. The smallest absolute Gasteiger partial charge is 0.275 e. The summed E-state index contributed by atoms with van der Waals surface area (Å²) in [6, 6.07) is 14.5. The monoisotopic (exact) mass is 405 g/mol. The molecule has 0 radical (unpaired) electrons. The van der Waals surface area contributed by atoms with Gasteiger partial charge in [-0.1, -0.05) is 0 Å². The molecule has 0 aliphatic heterocycles. The molecule has 0 fully saturated rings. The van der Waals surface area contributed by atoms with Crippen LogP contribution in [0.2, 0.25) is 0 Å². The number of ketones is 1. The second-order valence-corrected chi connectivity index (χ2v) is 7.14. The van der Waals surface area contributed by atoms with E-state index in [4.69, 9.17) is 0 Å². The Bertz CT molecular complexity index is 1320. The Balaban J connectivity index is 1.50. The van der Waals surface area contributed by atoms with Crippen molar-refractivity contribution in [1.29, 1.82) is 0 Å². The number of Topliss-reactive ketones (excluding diaryl/α,β-unsaturated/α-hetero) is 1. The summed E-state index contributed by atoms with van der Waals surface area (Å²) >= 11 is 0. The lowest BCUT2D eigenvalue weighted by atomic mass is 10.1. The summed E-state index contributed by atoms with van der Waals surface area (Å²) in [5.41, 5.74) is 2.67. The third-order valence-electron chi connectivity index (χ3n) is 5.06. The highest BCUT2D eigenvalue weighted by atomic mass is 19.1. The van der Waals surface area contributed by atoms with E-state index in [1.54, 1.807) is 53.1 Å². The molecule has 7 heteroatoms. The van der Waals surface area contributed by atoms with Crippen LogP contribution in [0.3, 0.4) is 0 Å². The van der Waals surface area contributed by atoms with Gasteiger partial charge in [-0.2, -0.15) is 0 Å². The van der Waals surface area contributed by atoms with E-state index in [0.29, 0.717) is 28.7 Å². The van der Waals surface area contributed by atoms with E-state index >= 15 is 0 Å². The summed E-state index contributed by atoms with van der Waals surface area (Å²) in [4.78, 5) is 36.4. The Morgan fingerprint density at radius 2 is 1.77 bits per heavy atom. The minimum atomic E-state index is -0.422. The van der Waals surface area contributed by atoms with Crippen molar-refractivity contribution in [3.8, 4) is 0 Å². The molecule has 2 aromatic heterocycles. The summed E-state index contributed by atoms with van der Waals surface area (Å²) in [6.45, 7) is 1.77. The first kappa shape index (κ1) is 19.6. The van der Waals surface area contributed by atoms with Gasteiger partial charge in [-0.15, -0.1) is 0 Å². The highest BCUT2D eigenvalue weighted by molar-refractivity contribution is 5.95. The van der Waals surface area contributed by atoms with Crippen molar-refractivity contribution in [2.24, 2.45) is 0 Å². The van der Waals surface area contributed by atoms with Crippen molar-refractivity contribution >= 4 is 33.9 Å². The Hall–Kier alpha value is -3.74. The second-order valence-electron chi connectivity index (χ2n) is 7.14. The van der Waals surface area contributed by atoms with Crippen LogP contribution in [0.4, 0.5) is 10.1 Å². The fourth-order valence-corrected chi connectivity index (χ4v) is 3.56. The number of carbonyl (C=O) groups is 2. The van der Waals surface area contributed by atoms with Crippen LogP contribution in [-0.2, 0) is 11.3 Å². The van der Waals surface area contributed by atoms with Gasteiger partial charge in [0.2, 0.25) is 5.91 Å². The summed E-state index contributed by atoms with van der Waals surface area (Å²) < 4.78 is 17.1. The number of nitrogens with zero attached hydrogens (tertiary/aromatic N) is 2. The predicted molar refractivity (Wildman–Crippen MR) is 113 cm³/mol. The Morgan fingerprint density at radius 1 is 1.00 bits per heavy atom. The molecule has 0 aliphatic carbocycles. The minimum absolute atomic E-state index is 0.0399. The molecule has 2 heterocycles. The lowest BCUT2D eigenvalue weighted by Crippen LogP contribution is -2.23. The maximum atomic E-state index is 13.8. The number of aromatic nitrogens is 2. The number of benzene rings is 2. The van der Waals surface area contributed by atoms with Crippen LogP contribution in [-0.4, -0.2) is 20.7 Å². The molecule has 0 aliphatic rings. The molecule has 4 rings (SSSR count). The number of amides is 1. The molecule has 1 amide bonds. The normalized spacial score (nSPS) is 11.1. The maximum Gasteiger partial charge on any atom is 0.275 e. The lowest BCUT2D eigenvalue weighted by molar-refractivity contribution is -0.116. The number of halogens is 1. The SMILES string of the molecule is CC(=O)c1ccc(NC(=O)CCCn2c(=O)c3cccn3c3ccc(F)cc32)cc1. The van der Waals surface area contributed by atoms with Gasteiger partial charge in [0.25, 0.3) is 5.56 Å². The number of hydrogen-bond donors (Lipinski definition) is 1. The summed E-state index contributed by atoms with van der Waals surface area (Å²) in [5.74, 6) is -0.659. The van der Waals surface area contributed by atoms with Gasteiger partial charge < -0.3 is 14.3 Å². The third kappa shape index (κ3) is 3.74. The fraction of sp³-hybridized carbons (Fsp3) is 0.174. The first-order valence-electron chi connectivity index (χ1n) is 9.64. The number of anilines is 1. The van der Waals surface area contributed by atoms with Crippen LogP contribution in [0, 0.1) is 5.82 Å². The number of aryl methyl sites for hydroxylation is 1. The lowest BCUT2D eigenvalue weighted by Gasteiger charge is -2.13. The van der Waals surface area contributed by atoms with E-state index in [0.717, 1.165) is 5.52 Å². The molecule has 0 saturated carbocycles. The molecule has 30 heavy (non-hydrogen) atoms. The Morgan fingerprint density at radius 3 is 2.50 bits per heavy atom. The van der Waals surface area contributed by atoms with Crippen LogP contribution in [0.5, 0.6) is 0 Å². The Kier molecular flexibility index (Phi) is 5.18. The number of hydrogen-bond acceptors (Lipinski definition) is 3. The molecule has 0 saturated heterocycles. The molecule has 152 valence electrons. The van der Waals surface area contributed by atoms with E-state index in [-0.39, 0.29) is 30.2 Å². The third-order valence-corrected chi connectivity index (χ3v) is 5.06. The number of rotatable bonds is 6. The zero-order valence-electron chi connectivity index (χ0n) is 16.4. The molecule has 0 unspecified atom stereocenters. The highest BCUT2D eigenvalue weighted by Gasteiger charge is 2.12. The second kappa shape index (κ2) is 7.94. The molecule has 0 spiro atoms. The number of nitrogens with one attached hydrogen (secondary N) is 1. The summed E-state index contributed by atoms with van der Waals surface area (Å²) in [7, 11) is 0. The maximum absolute atomic E-state index is 13.8. The first-order valence-corrected chi connectivity index (χ1v) is 9.64. The van der Waals surface area contributed by atoms with Gasteiger partial charge in [-0.3, -0.25) is 14.4 Å². The zero-order valence-corrected chi connectivity index (χ0v) is 16.4. The largest absolute Gasteiger partial charge is 0.326 e. The molecule has 4 aromatic rings. The molecule has 2 aromatic carbocycles. The van der Waals surface area contributed by atoms with Gasteiger partial charge in [-0.25, -0.2) is 4.39 Å². The van der Waals surface area contributed by atoms with Crippen LogP contribution < -0.4 is 10.9 Å². The van der Waals surface area contributed by atoms with Crippen molar-refractivity contribution in [3.05, 3.63) is 82.5 Å². The number of fused-ring (bicyclic) bond motifs is 3. The minimum Gasteiger partial charge on any atom is -0.326 e. The van der Waals surface area contributed by atoms with Gasteiger partial charge >= 0.3 is 0 Å². The van der Waals surface area contributed by atoms with E-state index < -0.39 is 5.82 Å². The summed E-state index contributed by atoms with van der Waals surface area (Å²) in [6.07, 6.45) is 2.38. The van der Waals surface area contributed by atoms with Gasteiger partial charge in [-0.05, 0) is 67.9 Å². The average Bonchev–Trinajstić information content (AvgIpc) is 3.21. The van der Waals surface area contributed by atoms with Crippen molar-refractivity contribution in [3.63, 3.8) is 0 Å². The van der Waals surface area contributed by atoms with E-state index in [1.807, 2.05) is 0 Å². The standard InChI is InChI=1S/C23H20FN3O3/c1-15(28)16-6-9-18(10-7-16)25-22(29)5-3-13-27-21-14-17(24)8-11-19(21)26-12-2-4-20(26)23(27)30/h2,4,6-12,14H,3,5,13H2,1H3,(H,25,29). The van der Waals surface area contributed by atoms with Crippen LogP contribution in [0.15, 0.2) is 65.6 Å². The van der Waals surface area contributed by atoms with Crippen LogP contribution in [0.25, 0.3) is 16.6 Å². The molecular weight excluding hydrogens is 385 g/mol. The summed E-state index contributed by atoms with van der Waals surface area (Å²) in [5, 5.41) is 2.78. The zero-order chi connectivity index (χ0) is 21.3. The van der Waals surface area contributed by atoms with E-state index in [2.05, 4.69) is 5.32 Å². The fourth-order valence-electron chi connectivity index (χ4n) is 3.56. The van der Waals surface area contributed by atoms with Gasteiger partial charge in [0.1, 0.15) is 11.3 Å². The predicted octanol–water partition coefficient (Wildman–Crippen LogP) is 4.01. The van der Waals surface area contributed by atoms with Gasteiger partial charge in [0, 0.05) is 30.4 Å². The number of carbonyl (C=O) groups excluding carboxylic acids is 2.